The zero-order valence-electron chi connectivity index (χ0n) is 15.8. The van der Waals surface area contributed by atoms with E-state index in [0.29, 0.717) is 32.2 Å². The van der Waals surface area contributed by atoms with Gasteiger partial charge in [0.05, 0.1) is 25.3 Å². The highest BCUT2D eigenvalue weighted by molar-refractivity contribution is 9.10. The number of hydrogen-bond acceptors (Lipinski definition) is 5. The molecule has 0 bridgehead atoms. The highest BCUT2D eigenvalue weighted by Crippen LogP contribution is 2.42. The van der Waals surface area contributed by atoms with E-state index in [1.807, 2.05) is 24.3 Å². The van der Waals surface area contributed by atoms with Gasteiger partial charge in [0.25, 0.3) is 0 Å². The van der Waals surface area contributed by atoms with Gasteiger partial charge in [0.2, 0.25) is 0 Å². The molecule has 0 amide bonds. The maximum atomic E-state index is 13.0. The Morgan fingerprint density at radius 2 is 1.78 bits per heavy atom. The molecule has 3 aromatic rings. The Morgan fingerprint density at radius 1 is 1.11 bits per heavy atom. The fraction of sp³-hybridized carbons (Fsp3) is 0.300. The Hall–Kier alpha value is -2.54. The Labute approximate surface area is 165 Å². The second kappa shape index (κ2) is 6.88. The lowest BCUT2D eigenvalue weighted by Crippen LogP contribution is -2.27. The van der Waals surface area contributed by atoms with Crippen molar-refractivity contribution in [1.29, 1.82) is 0 Å². The molecule has 27 heavy (non-hydrogen) atoms. The first-order valence-electron chi connectivity index (χ1n) is 8.31. The minimum Gasteiger partial charge on any atom is -0.495 e. The van der Waals surface area contributed by atoms with E-state index in [1.165, 1.54) is 18.8 Å². The molecular weight excluding hydrogens is 414 g/mol. The largest absolute Gasteiger partial charge is 0.495 e. The van der Waals surface area contributed by atoms with Crippen molar-refractivity contribution >= 4 is 49.8 Å². The number of hydrogen-bond donors (Lipinski definition) is 0. The van der Waals surface area contributed by atoms with E-state index in [9.17, 15) is 9.59 Å². The molecule has 0 radical (unpaired) electrons. The van der Waals surface area contributed by atoms with Gasteiger partial charge in [-0.05, 0) is 48.8 Å². The summed E-state index contributed by atoms with van der Waals surface area (Å²) in [6.07, 6.45) is -0.523. The first kappa shape index (κ1) is 19.2. The monoisotopic (exact) mass is 433 g/mol. The van der Waals surface area contributed by atoms with Crippen LogP contribution in [-0.2, 0) is 9.47 Å². The Kier molecular flexibility index (Phi) is 4.90. The van der Waals surface area contributed by atoms with Crippen LogP contribution in [0, 0.1) is 0 Å². The molecule has 0 unspecified atom stereocenters. The van der Waals surface area contributed by atoms with Crippen molar-refractivity contribution in [2.75, 3.05) is 14.2 Å². The highest BCUT2D eigenvalue weighted by atomic mass is 79.9. The molecule has 3 rings (SSSR count). The summed E-state index contributed by atoms with van der Waals surface area (Å²) in [5, 5.41) is 1.46. The number of rotatable bonds is 2. The molecule has 0 aliphatic carbocycles. The normalized spacial score (nSPS) is 11.6. The molecule has 7 heteroatoms. The van der Waals surface area contributed by atoms with Crippen molar-refractivity contribution in [2.24, 2.45) is 0 Å². The van der Waals surface area contributed by atoms with E-state index in [2.05, 4.69) is 15.9 Å². The molecule has 6 nitrogen and oxygen atoms in total. The van der Waals surface area contributed by atoms with Crippen LogP contribution in [-0.4, -0.2) is 36.5 Å². The highest BCUT2D eigenvalue weighted by Gasteiger charge is 2.27. The van der Waals surface area contributed by atoms with Crippen LogP contribution in [0.1, 0.15) is 31.1 Å². The second-order valence-corrected chi connectivity index (χ2v) is 7.78. The van der Waals surface area contributed by atoms with Gasteiger partial charge in [0, 0.05) is 15.2 Å². The average Bonchev–Trinajstić information content (AvgIpc) is 2.96. The fourth-order valence-electron chi connectivity index (χ4n) is 3.00. The molecule has 1 heterocycles. The summed E-state index contributed by atoms with van der Waals surface area (Å²) in [6, 6.07) is 8.96. The first-order chi connectivity index (χ1) is 12.7. The number of esters is 1. The van der Waals surface area contributed by atoms with Crippen LogP contribution < -0.4 is 4.74 Å². The molecule has 0 aliphatic heterocycles. The van der Waals surface area contributed by atoms with Gasteiger partial charge >= 0.3 is 12.1 Å². The van der Waals surface area contributed by atoms with Crippen molar-refractivity contribution in [3.8, 4) is 5.75 Å². The summed E-state index contributed by atoms with van der Waals surface area (Å²) >= 11 is 3.51. The van der Waals surface area contributed by atoms with Gasteiger partial charge in [-0.1, -0.05) is 18.2 Å². The van der Waals surface area contributed by atoms with E-state index < -0.39 is 17.7 Å². The molecule has 2 aromatic carbocycles. The van der Waals surface area contributed by atoms with Crippen LogP contribution in [0.2, 0.25) is 0 Å². The first-order valence-corrected chi connectivity index (χ1v) is 9.10. The van der Waals surface area contributed by atoms with Gasteiger partial charge in [0.1, 0.15) is 16.9 Å². The third-order valence-corrected chi connectivity index (χ3v) is 4.86. The molecule has 0 N–H and O–H groups in total. The van der Waals surface area contributed by atoms with Gasteiger partial charge in [-0.25, -0.2) is 14.2 Å². The standard InChI is InChI=1S/C20H20BrNO5/c1-20(2,3)27-19(24)22-13-9-7-6-8-11(13)15-16(21)12(18(23)26-5)10-14(25-4)17(15)22/h6-10H,1-5H3. The summed E-state index contributed by atoms with van der Waals surface area (Å²) in [7, 11) is 2.80. The molecule has 0 spiro atoms. The zero-order chi connectivity index (χ0) is 19.9. The van der Waals surface area contributed by atoms with Crippen LogP contribution in [0.15, 0.2) is 34.8 Å². The van der Waals surface area contributed by atoms with Crippen LogP contribution in [0.4, 0.5) is 4.79 Å². The van der Waals surface area contributed by atoms with E-state index >= 15 is 0 Å². The second-order valence-electron chi connectivity index (χ2n) is 6.99. The number of methoxy groups -OCH3 is 2. The fourth-order valence-corrected chi connectivity index (χ4v) is 3.68. The number of para-hydroxylation sites is 1. The smallest absolute Gasteiger partial charge is 0.419 e. The molecule has 0 saturated carbocycles. The minimum atomic E-state index is -0.662. The van der Waals surface area contributed by atoms with Crippen molar-refractivity contribution in [1.82, 2.24) is 4.57 Å². The zero-order valence-corrected chi connectivity index (χ0v) is 17.3. The summed E-state index contributed by atoms with van der Waals surface area (Å²) < 4.78 is 18.0. The molecule has 142 valence electrons. The number of aromatic nitrogens is 1. The third kappa shape index (κ3) is 3.27. The maximum absolute atomic E-state index is 13.0. The van der Waals surface area contributed by atoms with Crippen molar-refractivity contribution in [3.63, 3.8) is 0 Å². The summed E-state index contributed by atoms with van der Waals surface area (Å²) in [4.78, 5) is 25.2. The Balaban J connectivity index is 2.47. The predicted octanol–water partition coefficient (Wildman–Crippen LogP) is 5.14. The number of carbonyl (C=O) groups excluding carboxylic acids is 2. The quantitative estimate of drug-likeness (QED) is 0.523. The van der Waals surface area contributed by atoms with E-state index in [1.54, 1.807) is 26.8 Å². The maximum Gasteiger partial charge on any atom is 0.419 e. The van der Waals surface area contributed by atoms with Crippen molar-refractivity contribution in [2.45, 2.75) is 26.4 Å². The van der Waals surface area contributed by atoms with E-state index in [4.69, 9.17) is 14.2 Å². The van der Waals surface area contributed by atoms with Gasteiger partial charge < -0.3 is 14.2 Å². The summed E-state index contributed by atoms with van der Waals surface area (Å²) in [5.74, 6) is -0.133. The topological polar surface area (TPSA) is 66.8 Å². The molecule has 1 aromatic heterocycles. The van der Waals surface area contributed by atoms with E-state index in [0.717, 1.165) is 5.39 Å². The van der Waals surface area contributed by atoms with Crippen LogP contribution in [0.5, 0.6) is 5.75 Å². The average molecular weight is 434 g/mol. The molecule has 0 atom stereocenters. The van der Waals surface area contributed by atoms with Gasteiger partial charge in [-0.3, -0.25) is 0 Å². The SMILES string of the molecule is COC(=O)c1cc(OC)c2c(c1Br)c1ccccc1n2C(=O)OC(C)(C)C. The lowest BCUT2D eigenvalue weighted by Gasteiger charge is -2.20. The van der Waals surface area contributed by atoms with Crippen molar-refractivity contribution in [3.05, 3.63) is 40.4 Å². The molecule has 0 aliphatic rings. The van der Waals surface area contributed by atoms with Crippen molar-refractivity contribution < 1.29 is 23.8 Å². The molecule has 0 fully saturated rings. The van der Waals surface area contributed by atoms with Crippen LogP contribution >= 0.6 is 15.9 Å². The number of carbonyl (C=O) groups is 2. The minimum absolute atomic E-state index is 0.314. The Morgan fingerprint density at radius 3 is 2.37 bits per heavy atom. The number of halogens is 1. The summed E-state index contributed by atoms with van der Waals surface area (Å²) in [6.45, 7) is 5.42. The predicted molar refractivity (Wildman–Crippen MR) is 107 cm³/mol. The number of benzene rings is 2. The third-order valence-electron chi connectivity index (χ3n) is 4.04. The summed E-state index contributed by atoms with van der Waals surface area (Å²) in [5.41, 5.74) is 0.828. The molecule has 0 saturated heterocycles. The molecular formula is C20H20BrNO5. The number of fused-ring (bicyclic) bond motifs is 3. The number of nitrogens with zero attached hydrogens (tertiary/aromatic N) is 1. The van der Waals surface area contributed by atoms with Crippen LogP contribution in [0.25, 0.3) is 21.8 Å². The number of ether oxygens (including phenoxy) is 3. The van der Waals surface area contributed by atoms with Gasteiger partial charge in [0.15, 0.2) is 0 Å². The lowest BCUT2D eigenvalue weighted by atomic mass is 10.1. The van der Waals surface area contributed by atoms with E-state index in [-0.39, 0.29) is 0 Å². The Bertz CT molecular complexity index is 1060. The lowest BCUT2D eigenvalue weighted by molar-refractivity contribution is 0.0549. The van der Waals surface area contributed by atoms with Crippen LogP contribution in [0.3, 0.4) is 0 Å². The van der Waals surface area contributed by atoms with Gasteiger partial charge in [-0.2, -0.15) is 0 Å². The van der Waals surface area contributed by atoms with Gasteiger partial charge in [-0.15, -0.1) is 0 Å².